The molecule has 1 aromatic heterocycles. The molecule has 0 saturated heterocycles. The van der Waals surface area contributed by atoms with Crippen LogP contribution in [0.1, 0.15) is 17.3 Å². The van der Waals surface area contributed by atoms with Gasteiger partial charge in [0.1, 0.15) is 5.82 Å². The molecule has 1 heterocycles. The number of hydrogen-bond donors (Lipinski definition) is 1. The van der Waals surface area contributed by atoms with E-state index >= 15 is 0 Å². The van der Waals surface area contributed by atoms with E-state index in [0.717, 1.165) is 5.69 Å². The number of rotatable bonds is 4. The van der Waals surface area contributed by atoms with Crippen LogP contribution in [0.2, 0.25) is 0 Å². The maximum absolute atomic E-state index is 12.9. The van der Waals surface area contributed by atoms with E-state index in [2.05, 4.69) is 10.3 Å². The minimum Gasteiger partial charge on any atom is -0.467 e. The van der Waals surface area contributed by atoms with Crippen LogP contribution in [0, 0.1) is 12.7 Å². The molecule has 4 nitrogen and oxygen atoms in total. The highest BCUT2D eigenvalue weighted by Crippen LogP contribution is 2.20. The molecule has 1 unspecified atom stereocenters. The second-order valence-electron chi connectivity index (χ2n) is 4.34. The van der Waals surface area contributed by atoms with Crippen molar-refractivity contribution in [2.24, 2.45) is 0 Å². The first-order valence-electron chi connectivity index (χ1n) is 6.12. The number of esters is 1. The number of ether oxygens (including phenoxy) is 1. The van der Waals surface area contributed by atoms with Crippen LogP contribution in [0.4, 0.5) is 10.1 Å². The molecule has 2 rings (SSSR count). The highest BCUT2D eigenvalue weighted by atomic mass is 19.1. The van der Waals surface area contributed by atoms with E-state index in [4.69, 9.17) is 4.74 Å². The van der Waals surface area contributed by atoms with Gasteiger partial charge >= 0.3 is 5.97 Å². The van der Waals surface area contributed by atoms with E-state index in [1.807, 2.05) is 13.0 Å². The number of benzene rings is 1. The van der Waals surface area contributed by atoms with Gasteiger partial charge in [0.15, 0.2) is 6.04 Å². The number of carbonyl (C=O) groups is 1. The minimum atomic E-state index is -0.682. The Balaban J connectivity index is 2.26. The lowest BCUT2D eigenvalue weighted by molar-refractivity contribution is -0.141. The first-order valence-corrected chi connectivity index (χ1v) is 6.12. The number of aryl methyl sites for hydroxylation is 1. The Morgan fingerprint density at radius 3 is 2.50 bits per heavy atom. The molecular weight excluding hydrogens is 259 g/mol. The fraction of sp³-hybridized carbons (Fsp3) is 0.200. The number of hydrogen-bond acceptors (Lipinski definition) is 4. The van der Waals surface area contributed by atoms with Crippen LogP contribution in [0.3, 0.4) is 0 Å². The van der Waals surface area contributed by atoms with Crippen molar-refractivity contribution in [1.29, 1.82) is 0 Å². The van der Waals surface area contributed by atoms with Crippen molar-refractivity contribution in [3.63, 3.8) is 0 Å². The molecule has 1 aromatic carbocycles. The molecule has 0 saturated carbocycles. The van der Waals surface area contributed by atoms with Gasteiger partial charge in [0.05, 0.1) is 7.11 Å². The van der Waals surface area contributed by atoms with Gasteiger partial charge in [-0.25, -0.2) is 9.18 Å². The number of nitrogens with zero attached hydrogens (tertiary/aromatic N) is 1. The van der Waals surface area contributed by atoms with E-state index in [1.165, 1.54) is 19.2 Å². The van der Waals surface area contributed by atoms with E-state index in [9.17, 15) is 9.18 Å². The van der Waals surface area contributed by atoms with Gasteiger partial charge in [-0.15, -0.1) is 0 Å². The minimum absolute atomic E-state index is 0.331. The zero-order valence-corrected chi connectivity index (χ0v) is 11.3. The van der Waals surface area contributed by atoms with E-state index in [1.54, 1.807) is 24.4 Å². The Kier molecular flexibility index (Phi) is 4.30. The van der Waals surface area contributed by atoms with E-state index in [0.29, 0.717) is 11.3 Å². The fourth-order valence-corrected chi connectivity index (χ4v) is 1.76. The van der Waals surface area contributed by atoms with Crippen molar-refractivity contribution in [2.45, 2.75) is 13.0 Å². The van der Waals surface area contributed by atoms with Crippen molar-refractivity contribution >= 4 is 11.7 Å². The molecule has 104 valence electrons. The highest BCUT2D eigenvalue weighted by Gasteiger charge is 2.21. The van der Waals surface area contributed by atoms with Crippen LogP contribution in [0.25, 0.3) is 0 Å². The van der Waals surface area contributed by atoms with Gasteiger partial charge in [-0.2, -0.15) is 0 Å². The van der Waals surface area contributed by atoms with Crippen molar-refractivity contribution in [2.75, 3.05) is 12.4 Å². The normalized spacial score (nSPS) is 11.8. The van der Waals surface area contributed by atoms with Gasteiger partial charge in [-0.05, 0) is 37.3 Å². The van der Waals surface area contributed by atoms with Crippen LogP contribution < -0.4 is 5.32 Å². The summed E-state index contributed by atoms with van der Waals surface area (Å²) in [6.07, 6.45) is 1.62. The van der Waals surface area contributed by atoms with Crippen molar-refractivity contribution in [3.05, 3.63) is 59.7 Å². The molecule has 1 N–H and O–H groups in total. The fourth-order valence-electron chi connectivity index (χ4n) is 1.76. The zero-order valence-electron chi connectivity index (χ0n) is 11.3. The number of nitrogens with one attached hydrogen (secondary N) is 1. The lowest BCUT2D eigenvalue weighted by Crippen LogP contribution is -2.22. The number of carbonyl (C=O) groups excluding carboxylic acids is 1. The predicted octanol–water partition coefficient (Wildman–Crippen LogP) is 2.86. The number of aromatic nitrogens is 1. The Morgan fingerprint density at radius 2 is 1.95 bits per heavy atom. The van der Waals surface area contributed by atoms with Crippen LogP contribution in [0.5, 0.6) is 0 Å². The maximum Gasteiger partial charge on any atom is 0.333 e. The third-order valence-corrected chi connectivity index (χ3v) is 2.86. The molecule has 0 aliphatic carbocycles. The Hall–Kier alpha value is -2.43. The maximum atomic E-state index is 12.9. The molecule has 0 amide bonds. The summed E-state index contributed by atoms with van der Waals surface area (Å²) in [5.74, 6) is -0.762. The molecule has 0 bridgehead atoms. The Bertz CT molecular complexity index is 582. The van der Waals surface area contributed by atoms with Gasteiger partial charge in [-0.3, -0.25) is 4.98 Å². The molecule has 0 spiro atoms. The molecule has 0 fully saturated rings. The molecule has 0 aliphatic rings. The van der Waals surface area contributed by atoms with E-state index in [-0.39, 0.29) is 5.82 Å². The summed E-state index contributed by atoms with van der Waals surface area (Å²) in [6, 6.07) is 8.71. The van der Waals surface area contributed by atoms with Crippen LogP contribution in [-0.2, 0) is 9.53 Å². The number of methoxy groups -OCH3 is 1. The molecular formula is C15H15FN2O2. The highest BCUT2D eigenvalue weighted by molar-refractivity contribution is 5.80. The molecule has 1 atom stereocenters. The monoisotopic (exact) mass is 274 g/mol. The van der Waals surface area contributed by atoms with Gasteiger partial charge < -0.3 is 10.1 Å². The van der Waals surface area contributed by atoms with Gasteiger partial charge in [-0.1, -0.05) is 6.07 Å². The predicted molar refractivity (Wildman–Crippen MR) is 73.8 cm³/mol. The summed E-state index contributed by atoms with van der Waals surface area (Å²) in [4.78, 5) is 16.0. The largest absolute Gasteiger partial charge is 0.467 e. The van der Waals surface area contributed by atoms with Gasteiger partial charge in [0.2, 0.25) is 0 Å². The first-order chi connectivity index (χ1) is 9.60. The van der Waals surface area contributed by atoms with E-state index < -0.39 is 12.0 Å². The van der Waals surface area contributed by atoms with Crippen molar-refractivity contribution in [1.82, 2.24) is 4.98 Å². The zero-order chi connectivity index (χ0) is 14.5. The van der Waals surface area contributed by atoms with Gasteiger partial charge in [0, 0.05) is 23.1 Å². The van der Waals surface area contributed by atoms with Crippen LogP contribution in [-0.4, -0.2) is 18.1 Å². The molecule has 5 heteroatoms. The second-order valence-corrected chi connectivity index (χ2v) is 4.34. The van der Waals surface area contributed by atoms with Crippen LogP contribution in [0.15, 0.2) is 42.6 Å². The average molecular weight is 274 g/mol. The van der Waals surface area contributed by atoms with Crippen molar-refractivity contribution < 1.29 is 13.9 Å². The number of anilines is 1. The SMILES string of the molecule is COC(=O)C(Nc1ccc(F)cc1)c1ccc(C)nc1. The summed E-state index contributed by atoms with van der Waals surface area (Å²) >= 11 is 0. The topological polar surface area (TPSA) is 51.2 Å². The molecule has 0 radical (unpaired) electrons. The lowest BCUT2D eigenvalue weighted by atomic mass is 10.1. The summed E-state index contributed by atoms with van der Waals surface area (Å²) in [7, 11) is 1.32. The Labute approximate surface area is 116 Å². The summed E-state index contributed by atoms with van der Waals surface area (Å²) in [5, 5.41) is 3.01. The molecule has 2 aromatic rings. The Morgan fingerprint density at radius 1 is 1.25 bits per heavy atom. The number of pyridine rings is 1. The second kappa shape index (κ2) is 6.14. The quantitative estimate of drug-likeness (QED) is 0.871. The standard InChI is InChI=1S/C15H15FN2O2/c1-10-3-4-11(9-17-10)14(15(19)20-2)18-13-7-5-12(16)6-8-13/h3-9,14,18H,1-2H3. The number of halogens is 1. The molecule has 20 heavy (non-hydrogen) atoms. The first kappa shape index (κ1) is 14.0. The van der Waals surface area contributed by atoms with Gasteiger partial charge in [0.25, 0.3) is 0 Å². The average Bonchev–Trinajstić information content (AvgIpc) is 2.47. The summed E-state index contributed by atoms with van der Waals surface area (Å²) < 4.78 is 17.7. The smallest absolute Gasteiger partial charge is 0.333 e. The summed E-state index contributed by atoms with van der Waals surface area (Å²) in [6.45, 7) is 1.87. The van der Waals surface area contributed by atoms with Crippen molar-refractivity contribution in [3.8, 4) is 0 Å². The summed E-state index contributed by atoms with van der Waals surface area (Å²) in [5.41, 5.74) is 2.17. The molecule has 0 aliphatic heterocycles. The van der Waals surface area contributed by atoms with Crippen LogP contribution >= 0.6 is 0 Å². The lowest BCUT2D eigenvalue weighted by Gasteiger charge is -2.17. The third-order valence-electron chi connectivity index (χ3n) is 2.86. The third kappa shape index (κ3) is 3.32.